The molecule has 1 nitrogen and oxygen atoms in total. The van der Waals surface area contributed by atoms with E-state index in [1.165, 1.54) is 198 Å². The van der Waals surface area contributed by atoms with Crippen molar-refractivity contribution in [2.75, 3.05) is 0 Å². The van der Waals surface area contributed by atoms with E-state index < -0.39 is 0 Å². The molecule has 0 aliphatic heterocycles. The quantitative estimate of drug-likeness (QED) is 0.0690. The number of nitrogens with zero attached hydrogens (tertiary/aromatic N) is 1. The highest BCUT2D eigenvalue weighted by atomic mass is 14.9. The van der Waals surface area contributed by atoms with Crippen molar-refractivity contribution in [1.82, 2.24) is 0 Å². The van der Waals surface area contributed by atoms with Crippen LogP contribution in [0.25, 0.3) is 0 Å². The molecular formula is C37H70N+. The molecule has 0 unspecified atom stereocenters. The fraction of sp³-hybridized carbons (Fsp3) is 0.865. The number of hydrogen-bond donors (Lipinski definition) is 0. The molecule has 0 atom stereocenters. The topological polar surface area (TPSA) is 3.88 Å². The highest BCUT2D eigenvalue weighted by Crippen LogP contribution is 2.15. The van der Waals surface area contributed by atoms with Crippen LogP contribution in [0.2, 0.25) is 0 Å². The Labute approximate surface area is 241 Å². The molecule has 0 N–H and O–H groups in total. The van der Waals surface area contributed by atoms with Gasteiger partial charge in [-0.2, -0.15) is 0 Å². The first-order valence-electron chi connectivity index (χ1n) is 17.8. The van der Waals surface area contributed by atoms with E-state index in [4.69, 9.17) is 0 Å². The van der Waals surface area contributed by atoms with Crippen LogP contribution in [-0.2, 0) is 13.0 Å². The summed E-state index contributed by atoms with van der Waals surface area (Å²) in [6, 6.07) is 4.73. The Balaban J connectivity index is 1.83. The van der Waals surface area contributed by atoms with Gasteiger partial charge in [0.2, 0.25) is 0 Å². The first-order valence-corrected chi connectivity index (χ1v) is 17.8. The summed E-state index contributed by atoms with van der Waals surface area (Å²) in [6.45, 7) is 5.80. The van der Waals surface area contributed by atoms with Gasteiger partial charge in [-0.25, -0.2) is 4.57 Å². The maximum atomic E-state index is 2.40. The molecule has 1 aromatic heterocycles. The highest BCUT2D eigenvalue weighted by molar-refractivity contribution is 5.07. The molecule has 1 heteroatoms. The lowest BCUT2D eigenvalue weighted by molar-refractivity contribution is -0.697. The minimum atomic E-state index is 1.19. The maximum Gasteiger partial charge on any atom is 0.169 e. The lowest BCUT2D eigenvalue weighted by Gasteiger charge is -2.04. The minimum absolute atomic E-state index is 1.19. The number of hydrogen-bond acceptors (Lipinski definition) is 0. The summed E-state index contributed by atoms with van der Waals surface area (Å²) in [7, 11) is 0. The summed E-state index contributed by atoms with van der Waals surface area (Å²) in [5, 5.41) is 0. The van der Waals surface area contributed by atoms with E-state index in [9.17, 15) is 0 Å². The molecular weight excluding hydrogens is 458 g/mol. The zero-order chi connectivity index (χ0) is 27.2. The average molecular weight is 529 g/mol. The van der Waals surface area contributed by atoms with Crippen LogP contribution in [0.5, 0.6) is 0 Å². The Hall–Kier alpha value is -0.850. The molecule has 0 radical (unpaired) electrons. The zero-order valence-corrected chi connectivity index (χ0v) is 26.5. The fourth-order valence-corrected chi connectivity index (χ4v) is 5.82. The SMILES string of the molecule is CCCCCCCCCCCCCCCCCCc1cc[n+](CCCCCCCCCCCCCC)cc1. The van der Waals surface area contributed by atoms with Gasteiger partial charge in [0, 0.05) is 18.6 Å². The van der Waals surface area contributed by atoms with Crippen molar-refractivity contribution in [1.29, 1.82) is 0 Å². The molecule has 1 aromatic rings. The lowest BCUT2D eigenvalue weighted by atomic mass is 10.0. The van der Waals surface area contributed by atoms with Crippen LogP contribution in [0.15, 0.2) is 24.5 Å². The second kappa shape index (κ2) is 29.1. The molecule has 38 heavy (non-hydrogen) atoms. The predicted molar refractivity (Wildman–Crippen MR) is 171 cm³/mol. The van der Waals surface area contributed by atoms with Crippen molar-refractivity contribution in [3.05, 3.63) is 30.1 Å². The molecule has 0 aromatic carbocycles. The molecule has 0 amide bonds. The van der Waals surface area contributed by atoms with Gasteiger partial charge in [0.25, 0.3) is 0 Å². The van der Waals surface area contributed by atoms with Crippen molar-refractivity contribution in [2.45, 2.75) is 207 Å². The van der Waals surface area contributed by atoms with E-state index in [0.717, 1.165) is 0 Å². The zero-order valence-electron chi connectivity index (χ0n) is 26.5. The maximum absolute atomic E-state index is 2.40. The van der Waals surface area contributed by atoms with Gasteiger partial charge in [0.1, 0.15) is 6.54 Å². The predicted octanol–water partition coefficient (Wildman–Crippen LogP) is 12.5. The first kappa shape index (κ1) is 35.2. The monoisotopic (exact) mass is 529 g/mol. The number of aromatic nitrogens is 1. The summed E-state index contributed by atoms with van der Waals surface area (Å²) in [6.07, 6.45) is 46.2. The summed E-state index contributed by atoms with van der Waals surface area (Å²) >= 11 is 0. The second-order valence-corrected chi connectivity index (χ2v) is 12.4. The molecule has 222 valence electrons. The molecule has 0 bridgehead atoms. The Bertz CT molecular complexity index is 563. The van der Waals surface area contributed by atoms with Gasteiger partial charge in [-0.1, -0.05) is 174 Å². The lowest BCUT2D eigenvalue weighted by Crippen LogP contribution is -2.32. The van der Waals surface area contributed by atoms with Gasteiger partial charge < -0.3 is 0 Å². The van der Waals surface area contributed by atoms with E-state index in [1.54, 1.807) is 0 Å². The number of pyridine rings is 1. The molecule has 0 aliphatic carbocycles. The summed E-state index contributed by atoms with van der Waals surface area (Å²) in [5.74, 6) is 0. The molecule has 0 aliphatic rings. The molecule has 1 heterocycles. The molecule has 1 rings (SSSR count). The largest absolute Gasteiger partial charge is 0.205 e. The standard InChI is InChI=1S/C37H70N/c1-3-5-7-9-11-13-15-17-18-19-20-21-23-25-27-29-31-37-32-35-38(36-33-37)34-30-28-26-24-22-16-14-12-10-8-6-4-2/h32-33,35-36H,3-31,34H2,1-2H3/q+1. The van der Waals surface area contributed by atoms with Crippen molar-refractivity contribution in [3.8, 4) is 0 Å². The van der Waals surface area contributed by atoms with E-state index in [-0.39, 0.29) is 0 Å². The third-order valence-electron chi connectivity index (χ3n) is 8.55. The third-order valence-corrected chi connectivity index (χ3v) is 8.55. The summed E-state index contributed by atoms with van der Waals surface area (Å²) in [4.78, 5) is 0. The second-order valence-electron chi connectivity index (χ2n) is 12.4. The molecule has 0 saturated carbocycles. The number of unbranched alkanes of at least 4 members (excludes halogenated alkanes) is 26. The van der Waals surface area contributed by atoms with Crippen LogP contribution in [0.3, 0.4) is 0 Å². The normalized spacial score (nSPS) is 11.4. The third kappa shape index (κ3) is 24.2. The van der Waals surface area contributed by atoms with Gasteiger partial charge >= 0.3 is 0 Å². The van der Waals surface area contributed by atoms with E-state index in [2.05, 4.69) is 42.9 Å². The summed E-state index contributed by atoms with van der Waals surface area (Å²) in [5.41, 5.74) is 1.53. The molecule has 0 spiro atoms. The minimum Gasteiger partial charge on any atom is -0.205 e. The molecule has 0 fully saturated rings. The van der Waals surface area contributed by atoms with Crippen LogP contribution in [0, 0.1) is 0 Å². The van der Waals surface area contributed by atoms with E-state index >= 15 is 0 Å². The summed E-state index contributed by atoms with van der Waals surface area (Å²) < 4.78 is 2.40. The van der Waals surface area contributed by atoms with Gasteiger partial charge in [-0.05, 0) is 24.8 Å². The Morgan fingerprint density at radius 3 is 1.00 bits per heavy atom. The van der Waals surface area contributed by atoms with Crippen molar-refractivity contribution < 1.29 is 4.57 Å². The van der Waals surface area contributed by atoms with E-state index in [0.29, 0.717) is 0 Å². The average Bonchev–Trinajstić information content (AvgIpc) is 2.94. The van der Waals surface area contributed by atoms with Crippen LogP contribution < -0.4 is 4.57 Å². The van der Waals surface area contributed by atoms with E-state index in [1.807, 2.05) is 0 Å². The van der Waals surface area contributed by atoms with Gasteiger partial charge in [0.05, 0.1) is 0 Å². The number of aryl methyl sites for hydroxylation is 2. The van der Waals surface area contributed by atoms with Crippen molar-refractivity contribution in [2.24, 2.45) is 0 Å². The van der Waals surface area contributed by atoms with Gasteiger partial charge in [0.15, 0.2) is 12.4 Å². The Morgan fingerprint density at radius 2 is 0.658 bits per heavy atom. The van der Waals surface area contributed by atoms with Crippen LogP contribution in [0.4, 0.5) is 0 Å². The van der Waals surface area contributed by atoms with Crippen LogP contribution in [0.1, 0.15) is 199 Å². The number of rotatable bonds is 30. The van der Waals surface area contributed by atoms with Crippen LogP contribution >= 0.6 is 0 Å². The van der Waals surface area contributed by atoms with Gasteiger partial charge in [-0.15, -0.1) is 0 Å². The molecule has 0 saturated heterocycles. The Morgan fingerprint density at radius 1 is 0.368 bits per heavy atom. The van der Waals surface area contributed by atoms with Crippen molar-refractivity contribution >= 4 is 0 Å². The fourth-order valence-electron chi connectivity index (χ4n) is 5.82. The van der Waals surface area contributed by atoms with Gasteiger partial charge in [-0.3, -0.25) is 0 Å². The Kier molecular flexibility index (Phi) is 27.0. The smallest absolute Gasteiger partial charge is 0.169 e. The first-order chi connectivity index (χ1) is 18.9. The highest BCUT2D eigenvalue weighted by Gasteiger charge is 2.02. The van der Waals surface area contributed by atoms with Crippen molar-refractivity contribution in [3.63, 3.8) is 0 Å². The van der Waals surface area contributed by atoms with Crippen LogP contribution in [-0.4, -0.2) is 0 Å².